The van der Waals surface area contributed by atoms with Gasteiger partial charge in [-0.05, 0) is 68.9 Å². The van der Waals surface area contributed by atoms with Crippen LogP contribution in [0.3, 0.4) is 0 Å². The molecule has 4 aromatic rings. The van der Waals surface area contributed by atoms with Crippen LogP contribution in [0.2, 0.25) is 0 Å². The first-order valence-electron chi connectivity index (χ1n) is 13.5. The SMILES string of the molecule is CN1CCC(N2Cc3cc4nc(-c5c(NC[C@@H](O)COc6ccc(F)cc6F)cc[nH]c5=O)[nH]c4cc3C2=O)CC1. The Kier molecular flexibility index (Phi) is 7.18. The number of rotatable bonds is 8. The summed E-state index contributed by atoms with van der Waals surface area (Å²) < 4.78 is 32.2. The van der Waals surface area contributed by atoms with Gasteiger partial charge in [-0.3, -0.25) is 9.59 Å². The van der Waals surface area contributed by atoms with Crippen molar-refractivity contribution in [3.05, 3.63) is 75.7 Å². The Morgan fingerprint density at radius 3 is 2.76 bits per heavy atom. The second kappa shape index (κ2) is 10.9. The number of imidazole rings is 1. The van der Waals surface area contributed by atoms with Crippen LogP contribution in [0.1, 0.15) is 28.8 Å². The number of fused-ring (bicyclic) bond motifs is 2. The predicted octanol–water partition coefficient (Wildman–Crippen LogP) is 3.10. The first-order chi connectivity index (χ1) is 19.8. The number of amides is 1. The number of pyridine rings is 1. The second-order valence-electron chi connectivity index (χ2n) is 10.6. The lowest BCUT2D eigenvalue weighted by atomic mass is 10.0. The number of ether oxygens (including phenoxy) is 1. The number of nitrogens with zero attached hydrogens (tertiary/aromatic N) is 3. The predicted molar refractivity (Wildman–Crippen MR) is 149 cm³/mol. The van der Waals surface area contributed by atoms with Crippen molar-refractivity contribution in [2.75, 3.05) is 38.6 Å². The van der Waals surface area contributed by atoms with Crippen LogP contribution in [-0.4, -0.2) is 81.2 Å². The minimum absolute atomic E-state index is 0.0178. The minimum Gasteiger partial charge on any atom is -0.488 e. The van der Waals surface area contributed by atoms with Gasteiger partial charge in [-0.1, -0.05) is 0 Å². The minimum atomic E-state index is -1.07. The topological polar surface area (TPSA) is 127 Å². The largest absolute Gasteiger partial charge is 0.488 e. The van der Waals surface area contributed by atoms with E-state index < -0.39 is 23.3 Å². The molecule has 6 rings (SSSR count). The molecule has 2 aliphatic rings. The number of aliphatic hydroxyl groups excluding tert-OH is 1. The van der Waals surface area contributed by atoms with Gasteiger partial charge in [0.15, 0.2) is 11.6 Å². The zero-order chi connectivity index (χ0) is 28.7. The van der Waals surface area contributed by atoms with Gasteiger partial charge in [-0.15, -0.1) is 0 Å². The average Bonchev–Trinajstić information content (AvgIpc) is 3.50. The first-order valence-corrected chi connectivity index (χ1v) is 13.5. The van der Waals surface area contributed by atoms with Crippen molar-refractivity contribution in [2.24, 2.45) is 0 Å². The molecule has 2 aliphatic heterocycles. The van der Waals surface area contributed by atoms with Crippen LogP contribution >= 0.6 is 0 Å². The maximum atomic E-state index is 13.8. The fourth-order valence-corrected chi connectivity index (χ4v) is 5.49. The number of H-pyrrole nitrogens is 2. The van der Waals surface area contributed by atoms with Gasteiger partial charge in [0.05, 0.1) is 16.7 Å². The summed E-state index contributed by atoms with van der Waals surface area (Å²) in [7, 11) is 2.09. The van der Waals surface area contributed by atoms with Crippen LogP contribution in [0.25, 0.3) is 22.4 Å². The van der Waals surface area contributed by atoms with E-state index in [0.717, 1.165) is 43.6 Å². The molecule has 1 saturated heterocycles. The second-order valence-corrected chi connectivity index (χ2v) is 10.6. The maximum Gasteiger partial charge on any atom is 0.261 e. The third-order valence-corrected chi connectivity index (χ3v) is 7.72. The monoisotopic (exact) mass is 564 g/mol. The fraction of sp³-hybridized carbons (Fsp3) is 0.345. The molecule has 1 amide bonds. The highest BCUT2D eigenvalue weighted by Gasteiger charge is 2.34. The van der Waals surface area contributed by atoms with E-state index in [2.05, 4.69) is 32.2 Å². The van der Waals surface area contributed by atoms with Gasteiger partial charge in [0.2, 0.25) is 0 Å². The Bertz CT molecular complexity index is 1660. The van der Waals surface area contributed by atoms with Crippen molar-refractivity contribution in [2.45, 2.75) is 31.5 Å². The zero-order valence-electron chi connectivity index (χ0n) is 22.4. The molecule has 10 nitrogen and oxygen atoms in total. The molecule has 0 saturated carbocycles. The molecule has 0 aliphatic carbocycles. The zero-order valence-corrected chi connectivity index (χ0v) is 22.4. The number of halogens is 2. The molecule has 1 fully saturated rings. The standard InChI is InChI=1S/C29H30F2N6O4/c1-36-8-5-18(6-9-36)37-14-16-10-23-24(12-20(16)29(37)40)35-27(34-23)26-22(4-7-32-28(26)39)33-13-19(38)15-41-25-3-2-17(30)11-21(25)31/h2-4,7,10-12,18-19,38H,5-6,8-9,13-15H2,1H3,(H,34,35)(H2,32,33,39)/t19-/m1/s1. The van der Waals surface area contributed by atoms with Crippen molar-refractivity contribution >= 4 is 22.6 Å². The van der Waals surface area contributed by atoms with Crippen LogP contribution < -0.4 is 15.6 Å². The van der Waals surface area contributed by atoms with Crippen molar-refractivity contribution < 1.29 is 23.4 Å². The molecule has 2 aromatic carbocycles. The molecule has 4 heterocycles. The van der Waals surface area contributed by atoms with E-state index in [1.807, 2.05) is 11.0 Å². The number of hydrogen-bond acceptors (Lipinski definition) is 7. The van der Waals surface area contributed by atoms with Gasteiger partial charge in [-0.2, -0.15) is 0 Å². The Hall–Kier alpha value is -4.29. The highest BCUT2D eigenvalue weighted by Crippen LogP contribution is 2.32. The highest BCUT2D eigenvalue weighted by atomic mass is 19.1. The average molecular weight is 565 g/mol. The summed E-state index contributed by atoms with van der Waals surface area (Å²) in [6.07, 6.45) is 2.31. The molecule has 0 bridgehead atoms. The summed E-state index contributed by atoms with van der Waals surface area (Å²) in [6, 6.07) is 8.48. The molecule has 0 unspecified atom stereocenters. The van der Waals surface area contributed by atoms with Crippen LogP contribution in [0, 0.1) is 11.6 Å². The summed E-state index contributed by atoms with van der Waals surface area (Å²) >= 11 is 0. The van der Waals surface area contributed by atoms with E-state index in [4.69, 9.17) is 4.74 Å². The number of nitrogens with one attached hydrogen (secondary N) is 3. The third-order valence-electron chi connectivity index (χ3n) is 7.72. The van der Waals surface area contributed by atoms with Crippen LogP contribution in [-0.2, 0) is 6.54 Å². The van der Waals surface area contributed by atoms with Crippen molar-refractivity contribution in [1.82, 2.24) is 24.8 Å². The third kappa shape index (κ3) is 5.40. The fourth-order valence-electron chi connectivity index (χ4n) is 5.49. The number of hydrogen-bond donors (Lipinski definition) is 4. The molecule has 12 heteroatoms. The number of piperidine rings is 1. The number of carbonyl (C=O) groups excluding carboxylic acids is 1. The lowest BCUT2D eigenvalue weighted by molar-refractivity contribution is 0.0617. The Labute approximate surface area is 234 Å². The maximum absolute atomic E-state index is 13.8. The summed E-state index contributed by atoms with van der Waals surface area (Å²) in [6.45, 7) is 2.20. The first kappa shape index (κ1) is 26.9. The van der Waals surface area contributed by atoms with Gasteiger partial charge >= 0.3 is 0 Å². The number of benzene rings is 2. The van der Waals surface area contributed by atoms with Crippen molar-refractivity contribution in [3.63, 3.8) is 0 Å². The number of aliphatic hydroxyl groups is 1. The van der Waals surface area contributed by atoms with E-state index in [9.17, 15) is 23.5 Å². The summed E-state index contributed by atoms with van der Waals surface area (Å²) in [5, 5.41) is 13.4. The number of carbonyl (C=O) groups is 1. The molecule has 2 aromatic heterocycles. The van der Waals surface area contributed by atoms with Crippen molar-refractivity contribution in [3.8, 4) is 17.1 Å². The van der Waals surface area contributed by atoms with E-state index in [-0.39, 0.29) is 36.4 Å². The quantitative estimate of drug-likeness (QED) is 0.259. The molecular formula is C29H30F2N6O4. The van der Waals surface area contributed by atoms with E-state index in [1.54, 1.807) is 12.1 Å². The number of likely N-dealkylation sites (tertiary alicyclic amines) is 1. The Balaban J connectivity index is 1.18. The lowest BCUT2D eigenvalue weighted by Gasteiger charge is -2.34. The van der Waals surface area contributed by atoms with Gasteiger partial charge in [-0.25, -0.2) is 13.8 Å². The van der Waals surface area contributed by atoms with E-state index in [1.165, 1.54) is 6.20 Å². The summed E-state index contributed by atoms with van der Waals surface area (Å²) in [5.41, 5.74) is 3.10. The van der Waals surface area contributed by atoms with Gasteiger partial charge in [0.1, 0.15) is 29.9 Å². The van der Waals surface area contributed by atoms with Gasteiger partial charge in [0, 0.05) is 37.0 Å². The normalized spacial score (nSPS) is 16.8. The summed E-state index contributed by atoms with van der Waals surface area (Å²) in [5.74, 6) is -1.44. The van der Waals surface area contributed by atoms with E-state index >= 15 is 0 Å². The summed E-state index contributed by atoms with van der Waals surface area (Å²) in [4.78, 5) is 40.9. The van der Waals surface area contributed by atoms with Gasteiger partial charge < -0.3 is 34.9 Å². The van der Waals surface area contributed by atoms with Crippen molar-refractivity contribution in [1.29, 1.82) is 0 Å². The number of aromatic amines is 2. The molecule has 0 spiro atoms. The molecule has 41 heavy (non-hydrogen) atoms. The molecule has 4 N–H and O–H groups in total. The lowest BCUT2D eigenvalue weighted by Crippen LogP contribution is -2.43. The smallest absolute Gasteiger partial charge is 0.261 e. The van der Waals surface area contributed by atoms with E-state index in [0.29, 0.717) is 40.7 Å². The Morgan fingerprint density at radius 2 is 1.98 bits per heavy atom. The van der Waals surface area contributed by atoms with Gasteiger partial charge in [0.25, 0.3) is 11.5 Å². The number of aromatic nitrogens is 3. The highest BCUT2D eigenvalue weighted by molar-refractivity contribution is 6.02. The number of anilines is 1. The molecular weight excluding hydrogens is 534 g/mol. The Morgan fingerprint density at radius 1 is 1.17 bits per heavy atom. The molecule has 214 valence electrons. The van der Waals surface area contributed by atoms with Crippen LogP contribution in [0.4, 0.5) is 14.5 Å². The molecule has 1 atom stereocenters. The van der Waals surface area contributed by atoms with Crippen LogP contribution in [0.15, 0.2) is 47.4 Å². The molecule has 0 radical (unpaired) electrons. The van der Waals surface area contributed by atoms with Crippen LogP contribution in [0.5, 0.6) is 5.75 Å².